The summed E-state index contributed by atoms with van der Waals surface area (Å²) < 4.78 is 12.3. The Morgan fingerprint density at radius 3 is 2.97 bits per heavy atom. The molecule has 2 aromatic heterocycles. The lowest BCUT2D eigenvalue weighted by molar-refractivity contribution is -0.121. The van der Waals surface area contributed by atoms with E-state index in [9.17, 15) is 9.59 Å². The molecule has 0 saturated carbocycles. The maximum absolute atomic E-state index is 12.7. The van der Waals surface area contributed by atoms with Crippen molar-refractivity contribution in [2.45, 2.75) is 19.0 Å². The molecule has 11 nitrogen and oxygen atoms in total. The van der Waals surface area contributed by atoms with Crippen molar-refractivity contribution >= 4 is 29.3 Å². The lowest BCUT2D eigenvalue weighted by Crippen LogP contribution is -2.51. The van der Waals surface area contributed by atoms with Crippen molar-refractivity contribution in [1.29, 1.82) is 0 Å². The van der Waals surface area contributed by atoms with Crippen molar-refractivity contribution in [2.75, 3.05) is 24.8 Å². The molecule has 0 aliphatic carbocycles. The third kappa shape index (κ3) is 4.58. The van der Waals surface area contributed by atoms with Gasteiger partial charge in [0.2, 0.25) is 18.6 Å². The molecule has 174 valence electrons. The minimum Gasteiger partial charge on any atom is -0.454 e. The van der Waals surface area contributed by atoms with Crippen molar-refractivity contribution in [3.8, 4) is 17.4 Å². The van der Waals surface area contributed by atoms with Gasteiger partial charge in [-0.25, -0.2) is 14.8 Å². The Kier molecular flexibility index (Phi) is 6.13. The topological polar surface area (TPSA) is 124 Å². The second-order valence-corrected chi connectivity index (χ2v) is 8.02. The van der Waals surface area contributed by atoms with E-state index in [1.54, 1.807) is 34.3 Å². The number of imidazole rings is 1. The zero-order valence-electron chi connectivity index (χ0n) is 17.9. The lowest BCUT2D eigenvalue weighted by atomic mass is 10.1. The molecule has 0 radical (unpaired) electrons. The van der Waals surface area contributed by atoms with Gasteiger partial charge < -0.3 is 25.0 Å². The molecule has 1 saturated heterocycles. The molecule has 5 rings (SSSR count). The van der Waals surface area contributed by atoms with Crippen molar-refractivity contribution in [3.05, 3.63) is 59.4 Å². The number of halogens is 1. The average molecular weight is 482 g/mol. The molecule has 34 heavy (non-hydrogen) atoms. The summed E-state index contributed by atoms with van der Waals surface area (Å²) in [6.45, 7) is 1.50. The highest BCUT2D eigenvalue weighted by molar-refractivity contribution is 6.29. The number of piperazine rings is 1. The maximum atomic E-state index is 12.7. The number of rotatable bonds is 6. The predicted octanol–water partition coefficient (Wildman–Crippen LogP) is 1.24. The Hall–Kier alpha value is -3.92. The molecule has 2 aliphatic rings. The van der Waals surface area contributed by atoms with Crippen LogP contribution in [0.1, 0.15) is 12.0 Å². The van der Waals surface area contributed by atoms with Crippen molar-refractivity contribution in [2.24, 2.45) is 0 Å². The molecule has 1 atom stereocenters. The van der Waals surface area contributed by atoms with Gasteiger partial charge in [-0.05, 0) is 17.7 Å². The fourth-order valence-corrected chi connectivity index (χ4v) is 4.00. The Bertz CT molecular complexity index is 1260. The number of fused-ring (bicyclic) bond motifs is 1. The molecule has 2 aliphatic heterocycles. The summed E-state index contributed by atoms with van der Waals surface area (Å²) in [7, 11) is 0. The van der Waals surface area contributed by atoms with Crippen LogP contribution in [0.2, 0.25) is 5.15 Å². The normalized spacial score (nSPS) is 16.9. The summed E-state index contributed by atoms with van der Waals surface area (Å²) in [6.07, 6.45) is 4.90. The molecule has 2 N–H and O–H groups in total. The van der Waals surface area contributed by atoms with Crippen molar-refractivity contribution < 1.29 is 19.1 Å². The van der Waals surface area contributed by atoms with E-state index < -0.39 is 6.04 Å². The molecule has 1 aromatic carbocycles. The van der Waals surface area contributed by atoms with Gasteiger partial charge in [-0.3, -0.25) is 9.36 Å². The van der Waals surface area contributed by atoms with Crippen LogP contribution in [0.5, 0.6) is 11.5 Å². The number of nitrogens with zero attached hydrogens (tertiary/aromatic N) is 5. The van der Waals surface area contributed by atoms with Crippen molar-refractivity contribution in [1.82, 2.24) is 30.2 Å². The molecular formula is C22H20ClN7O4. The highest BCUT2D eigenvalue weighted by atomic mass is 35.5. The Morgan fingerprint density at radius 1 is 1.26 bits per heavy atom. The van der Waals surface area contributed by atoms with Crippen LogP contribution in [-0.2, 0) is 16.1 Å². The van der Waals surface area contributed by atoms with Gasteiger partial charge >= 0.3 is 0 Å². The number of amides is 1. The number of ether oxygens (including phenoxy) is 2. The minimum absolute atomic E-state index is 0.0544. The summed E-state index contributed by atoms with van der Waals surface area (Å²) in [5.41, 5.74) is 1.15. The van der Waals surface area contributed by atoms with Crippen LogP contribution in [0.3, 0.4) is 0 Å². The number of aromatic nitrogens is 4. The van der Waals surface area contributed by atoms with E-state index in [1.165, 1.54) is 0 Å². The first-order valence-electron chi connectivity index (χ1n) is 10.5. The molecule has 3 aromatic rings. The van der Waals surface area contributed by atoms with Gasteiger partial charge in [0, 0.05) is 44.5 Å². The van der Waals surface area contributed by atoms with Gasteiger partial charge in [-0.2, -0.15) is 4.98 Å². The average Bonchev–Trinajstić information content (AvgIpc) is 3.54. The van der Waals surface area contributed by atoms with Crippen LogP contribution >= 0.6 is 11.6 Å². The van der Waals surface area contributed by atoms with E-state index in [-0.39, 0.29) is 30.0 Å². The first kappa shape index (κ1) is 21.9. The van der Waals surface area contributed by atoms with Crippen LogP contribution in [-0.4, -0.2) is 57.3 Å². The van der Waals surface area contributed by atoms with Crippen LogP contribution in [0.4, 0.5) is 5.82 Å². The maximum Gasteiger partial charge on any atom is 0.238 e. The fraction of sp³-hybridized carbons (Fsp3) is 0.273. The number of anilines is 1. The minimum atomic E-state index is -0.534. The molecule has 1 fully saturated rings. The highest BCUT2D eigenvalue weighted by Crippen LogP contribution is 2.32. The second kappa shape index (κ2) is 9.52. The van der Waals surface area contributed by atoms with Crippen LogP contribution in [0.25, 0.3) is 5.95 Å². The molecule has 12 heteroatoms. The number of carbonyl (C=O) groups is 1. The van der Waals surface area contributed by atoms with E-state index >= 15 is 0 Å². The van der Waals surface area contributed by atoms with Crippen molar-refractivity contribution in [3.63, 3.8) is 0 Å². The van der Waals surface area contributed by atoms with Gasteiger partial charge in [0.1, 0.15) is 28.9 Å². The predicted molar refractivity (Wildman–Crippen MR) is 122 cm³/mol. The molecule has 0 bridgehead atoms. The number of benzene rings is 1. The molecule has 4 heterocycles. The largest absolute Gasteiger partial charge is 0.454 e. The third-order valence-electron chi connectivity index (χ3n) is 5.45. The third-order valence-corrected chi connectivity index (χ3v) is 5.64. The monoisotopic (exact) mass is 481 g/mol. The Morgan fingerprint density at radius 2 is 2.15 bits per heavy atom. The standard InChI is InChI=1S/C22H20ClN7O4/c23-19-9-20(28-22(27-19)29-5-3-24-12-29)30-6-4-25-15(16(30)11-31)8-21(32)26-10-14-1-2-17-18(7-14)34-13-33-17/h1-3,5,7,9,12,15,25H,4,6,8,10,13H2,(H,26,32). The Labute approximate surface area is 199 Å². The SMILES string of the molecule is O=C=C1C(CC(=O)NCc2ccc3c(c2)OCO3)NCCN1c1cc(Cl)nc(-n2ccnc2)n1. The summed E-state index contributed by atoms with van der Waals surface area (Å²) in [4.78, 5) is 39.0. The summed E-state index contributed by atoms with van der Waals surface area (Å²) >= 11 is 6.22. The van der Waals surface area contributed by atoms with E-state index in [2.05, 4.69) is 25.6 Å². The van der Waals surface area contributed by atoms with E-state index in [0.29, 0.717) is 42.9 Å². The molecule has 1 amide bonds. The zero-order chi connectivity index (χ0) is 23.5. The number of nitrogens with one attached hydrogen (secondary N) is 2. The van der Waals surface area contributed by atoms with Crippen LogP contribution < -0.4 is 25.0 Å². The second-order valence-electron chi connectivity index (χ2n) is 7.63. The van der Waals surface area contributed by atoms with E-state index in [4.69, 9.17) is 21.1 Å². The summed E-state index contributed by atoms with van der Waals surface area (Å²) in [5, 5.41) is 6.31. The zero-order valence-corrected chi connectivity index (χ0v) is 18.7. The molecule has 0 spiro atoms. The van der Waals surface area contributed by atoms with E-state index in [1.807, 2.05) is 24.1 Å². The molecule has 1 unspecified atom stereocenters. The number of hydrogen-bond acceptors (Lipinski definition) is 9. The van der Waals surface area contributed by atoms with Gasteiger partial charge in [0.05, 0.1) is 6.04 Å². The first-order valence-corrected chi connectivity index (χ1v) is 10.9. The lowest BCUT2D eigenvalue weighted by Gasteiger charge is -2.34. The van der Waals surface area contributed by atoms with Gasteiger partial charge in [-0.1, -0.05) is 17.7 Å². The fourth-order valence-electron chi connectivity index (χ4n) is 3.82. The van der Waals surface area contributed by atoms with Gasteiger partial charge in [-0.15, -0.1) is 0 Å². The number of hydrogen-bond donors (Lipinski definition) is 2. The molecular weight excluding hydrogens is 462 g/mol. The van der Waals surface area contributed by atoms with E-state index in [0.717, 1.165) is 5.56 Å². The first-order chi connectivity index (χ1) is 16.6. The summed E-state index contributed by atoms with van der Waals surface area (Å²) in [6, 6.07) is 6.54. The van der Waals surface area contributed by atoms with Gasteiger partial charge in [0.15, 0.2) is 11.5 Å². The van der Waals surface area contributed by atoms with Gasteiger partial charge in [0.25, 0.3) is 0 Å². The Balaban J connectivity index is 1.27. The highest BCUT2D eigenvalue weighted by Gasteiger charge is 2.30. The van der Waals surface area contributed by atoms with Crippen LogP contribution in [0.15, 0.2) is 48.7 Å². The smallest absolute Gasteiger partial charge is 0.238 e. The quantitative estimate of drug-likeness (QED) is 0.395. The number of carbonyl (C=O) groups excluding carboxylic acids is 2. The van der Waals surface area contributed by atoms with Crippen LogP contribution in [0, 0.1) is 0 Å². The summed E-state index contributed by atoms with van der Waals surface area (Å²) in [5.74, 6) is 3.86.